The zero-order chi connectivity index (χ0) is 24.1. The van der Waals surface area contributed by atoms with Gasteiger partial charge in [-0.25, -0.2) is 9.69 Å². The summed E-state index contributed by atoms with van der Waals surface area (Å²) in [6.07, 6.45) is 1.33. The minimum absolute atomic E-state index is 0.0663. The third kappa shape index (κ3) is 4.41. The molecule has 2 aliphatic rings. The average molecular weight is 570 g/mol. The molecule has 0 radical (unpaired) electrons. The van der Waals surface area contributed by atoms with E-state index in [-0.39, 0.29) is 16.9 Å². The molecule has 2 unspecified atom stereocenters. The van der Waals surface area contributed by atoms with Crippen LogP contribution < -0.4 is 4.90 Å². The first kappa shape index (κ1) is 24.5. The highest BCUT2D eigenvalue weighted by Crippen LogP contribution is 2.52. The number of carbonyl (C=O) groups is 2. The number of amides is 2. The van der Waals surface area contributed by atoms with E-state index in [9.17, 15) is 9.59 Å². The SMILES string of the molecule is CC(C)(C)OC(=O)N1C(=S)N(c2cc(Cl)cc(Cl)c2)C(=O)C12CCCC2c1ccc(Br)cc1. The average Bonchev–Trinajstić information content (AvgIpc) is 3.20. The molecular formula is C24H23BrCl2N2O3S. The van der Waals surface area contributed by atoms with Crippen LogP contribution in [0.1, 0.15) is 51.5 Å². The molecule has 1 aliphatic carbocycles. The van der Waals surface area contributed by atoms with Gasteiger partial charge in [-0.05, 0) is 88.1 Å². The predicted molar refractivity (Wildman–Crippen MR) is 138 cm³/mol. The first-order valence-corrected chi connectivity index (χ1v) is 12.5. The molecule has 1 heterocycles. The van der Waals surface area contributed by atoms with Crippen LogP contribution in [0, 0.1) is 0 Å². The van der Waals surface area contributed by atoms with Crippen molar-refractivity contribution in [2.24, 2.45) is 0 Å². The second kappa shape index (κ2) is 8.84. The monoisotopic (exact) mass is 568 g/mol. The highest BCUT2D eigenvalue weighted by Gasteiger charge is 2.64. The Kier molecular flexibility index (Phi) is 6.55. The third-order valence-electron chi connectivity index (χ3n) is 5.94. The van der Waals surface area contributed by atoms with Crippen LogP contribution in [0.15, 0.2) is 46.9 Å². The Balaban J connectivity index is 1.87. The Morgan fingerprint density at radius 1 is 1.15 bits per heavy atom. The maximum Gasteiger partial charge on any atom is 0.417 e. The van der Waals surface area contributed by atoms with Crippen LogP contribution in [0.2, 0.25) is 10.0 Å². The highest BCUT2D eigenvalue weighted by molar-refractivity contribution is 9.10. The quantitative estimate of drug-likeness (QED) is 0.355. The van der Waals surface area contributed by atoms with Crippen molar-refractivity contribution in [3.63, 3.8) is 0 Å². The molecular weight excluding hydrogens is 547 g/mol. The molecule has 2 aromatic rings. The summed E-state index contributed by atoms with van der Waals surface area (Å²) in [5.74, 6) is -0.523. The number of halogens is 3. The molecule has 174 valence electrons. The number of hydrogen-bond acceptors (Lipinski definition) is 4. The van der Waals surface area contributed by atoms with Crippen molar-refractivity contribution in [1.29, 1.82) is 0 Å². The van der Waals surface area contributed by atoms with Gasteiger partial charge < -0.3 is 4.74 Å². The molecule has 33 heavy (non-hydrogen) atoms. The van der Waals surface area contributed by atoms with Gasteiger partial charge in [0.25, 0.3) is 5.91 Å². The van der Waals surface area contributed by atoms with E-state index in [0.717, 1.165) is 22.9 Å². The summed E-state index contributed by atoms with van der Waals surface area (Å²) in [6, 6.07) is 12.6. The molecule has 0 N–H and O–H groups in total. The summed E-state index contributed by atoms with van der Waals surface area (Å²) in [7, 11) is 0. The molecule has 0 aromatic heterocycles. The lowest BCUT2D eigenvalue weighted by atomic mass is 9.80. The fourth-order valence-corrected chi connectivity index (χ4v) is 5.95. The predicted octanol–water partition coefficient (Wildman–Crippen LogP) is 7.33. The first-order valence-electron chi connectivity index (χ1n) is 10.6. The molecule has 2 fully saturated rings. The summed E-state index contributed by atoms with van der Waals surface area (Å²) in [5, 5.41) is 0.805. The zero-order valence-electron chi connectivity index (χ0n) is 18.4. The Labute approximate surface area is 217 Å². The zero-order valence-corrected chi connectivity index (χ0v) is 22.3. The van der Waals surface area contributed by atoms with Gasteiger partial charge in [0, 0.05) is 20.4 Å². The fraction of sp³-hybridized carbons (Fsp3) is 0.375. The van der Waals surface area contributed by atoms with Gasteiger partial charge in [0.1, 0.15) is 11.1 Å². The van der Waals surface area contributed by atoms with Gasteiger partial charge in [-0.2, -0.15) is 0 Å². The van der Waals surface area contributed by atoms with Crippen LogP contribution in [0.4, 0.5) is 10.5 Å². The van der Waals surface area contributed by atoms with E-state index in [1.165, 1.54) is 9.80 Å². The Bertz CT molecular complexity index is 1120. The summed E-state index contributed by atoms with van der Waals surface area (Å²) < 4.78 is 6.66. The molecule has 1 saturated carbocycles. The smallest absolute Gasteiger partial charge is 0.417 e. The molecule has 0 bridgehead atoms. The first-order chi connectivity index (χ1) is 15.4. The second-order valence-corrected chi connectivity index (χ2v) is 11.4. The largest absolute Gasteiger partial charge is 0.443 e. The molecule has 1 spiro atoms. The van der Waals surface area contributed by atoms with Crippen molar-refractivity contribution in [2.45, 2.75) is 57.1 Å². The van der Waals surface area contributed by atoms with E-state index in [0.29, 0.717) is 22.2 Å². The minimum atomic E-state index is -1.19. The van der Waals surface area contributed by atoms with E-state index >= 15 is 0 Å². The van der Waals surface area contributed by atoms with Gasteiger partial charge in [0.05, 0.1) is 5.69 Å². The van der Waals surface area contributed by atoms with Crippen LogP contribution in [-0.2, 0) is 9.53 Å². The maximum atomic E-state index is 14.2. The number of thiocarbonyl (C=S) groups is 1. The van der Waals surface area contributed by atoms with Crippen molar-refractivity contribution < 1.29 is 14.3 Å². The van der Waals surface area contributed by atoms with Crippen molar-refractivity contribution in [3.05, 3.63) is 62.5 Å². The molecule has 2 atom stereocenters. The molecule has 5 nitrogen and oxygen atoms in total. The summed E-state index contributed by atoms with van der Waals surface area (Å²) >= 11 is 21.7. The Hall–Kier alpha value is -1.67. The summed E-state index contributed by atoms with van der Waals surface area (Å²) in [4.78, 5) is 30.4. The number of rotatable bonds is 2. The number of nitrogens with zero attached hydrogens (tertiary/aromatic N) is 2. The number of benzene rings is 2. The number of anilines is 1. The van der Waals surface area contributed by atoms with Crippen LogP contribution in [0.3, 0.4) is 0 Å². The highest BCUT2D eigenvalue weighted by atomic mass is 79.9. The number of ether oxygens (including phenoxy) is 1. The number of carbonyl (C=O) groups excluding carboxylic acids is 2. The van der Waals surface area contributed by atoms with Gasteiger partial charge in [-0.1, -0.05) is 51.3 Å². The van der Waals surface area contributed by atoms with Gasteiger partial charge in [0.2, 0.25) is 0 Å². The molecule has 1 aliphatic heterocycles. The molecule has 4 rings (SSSR count). The van der Waals surface area contributed by atoms with Gasteiger partial charge in [-0.15, -0.1) is 0 Å². The van der Waals surface area contributed by atoms with Gasteiger partial charge >= 0.3 is 6.09 Å². The normalized spacial score (nSPS) is 23.0. The number of hydrogen-bond donors (Lipinski definition) is 0. The lowest BCUT2D eigenvalue weighted by molar-refractivity contribution is -0.125. The summed E-state index contributed by atoms with van der Waals surface area (Å²) in [5.41, 5.74) is -0.557. The second-order valence-electron chi connectivity index (χ2n) is 9.29. The van der Waals surface area contributed by atoms with Crippen molar-refractivity contribution in [1.82, 2.24) is 4.90 Å². The molecule has 9 heteroatoms. The van der Waals surface area contributed by atoms with Crippen LogP contribution in [0.25, 0.3) is 0 Å². The van der Waals surface area contributed by atoms with Gasteiger partial charge in [0.15, 0.2) is 5.11 Å². The Morgan fingerprint density at radius 2 is 1.76 bits per heavy atom. The fourth-order valence-electron chi connectivity index (χ4n) is 4.74. The third-order valence-corrected chi connectivity index (χ3v) is 7.27. The lowest BCUT2D eigenvalue weighted by Crippen LogP contribution is -2.55. The Morgan fingerprint density at radius 3 is 2.33 bits per heavy atom. The van der Waals surface area contributed by atoms with Gasteiger partial charge in [-0.3, -0.25) is 9.69 Å². The van der Waals surface area contributed by atoms with E-state index in [2.05, 4.69) is 15.9 Å². The standard InChI is InChI=1S/C24H23BrCl2N2O3S/c1-23(2,3)32-22(31)29-21(33)28(18-12-16(26)11-17(27)13-18)20(30)24(29)10-4-5-19(24)14-6-8-15(25)9-7-14/h6-9,11-13,19H,4-5,10H2,1-3H3. The van der Waals surface area contributed by atoms with E-state index < -0.39 is 17.2 Å². The van der Waals surface area contributed by atoms with Crippen LogP contribution >= 0.6 is 51.3 Å². The maximum absolute atomic E-state index is 14.2. The van der Waals surface area contributed by atoms with Crippen molar-refractivity contribution in [2.75, 3.05) is 4.90 Å². The topological polar surface area (TPSA) is 49.9 Å². The van der Waals surface area contributed by atoms with Crippen molar-refractivity contribution in [3.8, 4) is 0 Å². The van der Waals surface area contributed by atoms with Crippen molar-refractivity contribution >= 4 is 74.1 Å². The summed E-state index contributed by atoms with van der Waals surface area (Å²) in [6.45, 7) is 5.36. The van der Waals surface area contributed by atoms with E-state index in [1.54, 1.807) is 39.0 Å². The molecule has 2 amide bonds. The molecule has 2 aromatic carbocycles. The lowest BCUT2D eigenvalue weighted by Gasteiger charge is -2.37. The molecule has 1 saturated heterocycles. The van der Waals surface area contributed by atoms with E-state index in [1.807, 2.05) is 24.3 Å². The van der Waals surface area contributed by atoms with E-state index in [4.69, 9.17) is 40.2 Å². The van der Waals surface area contributed by atoms with Crippen LogP contribution in [-0.4, -0.2) is 33.2 Å². The van der Waals surface area contributed by atoms with Crippen LogP contribution in [0.5, 0.6) is 0 Å². The minimum Gasteiger partial charge on any atom is -0.443 e.